The van der Waals surface area contributed by atoms with Gasteiger partial charge < -0.3 is 35.6 Å². The van der Waals surface area contributed by atoms with Gasteiger partial charge >= 0.3 is 5.97 Å². The highest BCUT2D eigenvalue weighted by Gasteiger charge is 2.50. The molecule has 0 aliphatic carbocycles. The van der Waals surface area contributed by atoms with Crippen LogP contribution in [0, 0.1) is 5.92 Å². The number of carbonyl (C=O) groups excluding carboxylic acids is 1. The summed E-state index contributed by atoms with van der Waals surface area (Å²) in [6.07, 6.45) is -4.23. The first-order valence-corrected chi connectivity index (χ1v) is 6.54. The molecule has 0 aromatic carbocycles. The number of nitrogens with one attached hydrogen (secondary N) is 1. The number of carboxylic acids is 1. The molecule has 1 saturated heterocycles. The summed E-state index contributed by atoms with van der Waals surface area (Å²) in [5.41, 5.74) is 0. The molecule has 1 aliphatic rings. The number of carboxylic acid groups (broad SMARTS) is 1. The molecule has 0 aromatic rings. The zero-order chi connectivity index (χ0) is 16.2. The second kappa shape index (κ2) is 7.14. The summed E-state index contributed by atoms with van der Waals surface area (Å²) >= 11 is 0. The number of aliphatic hydroxyl groups excluding tert-OH is 3. The van der Waals surface area contributed by atoms with Crippen LogP contribution in [0.3, 0.4) is 0 Å². The molecule has 5 atom stereocenters. The maximum absolute atomic E-state index is 11.0. The Kier molecular flexibility index (Phi) is 6.05. The van der Waals surface area contributed by atoms with Crippen LogP contribution in [-0.2, 0) is 14.3 Å². The van der Waals surface area contributed by atoms with Gasteiger partial charge in [-0.2, -0.15) is 0 Å². The molecule has 1 heterocycles. The monoisotopic (exact) mass is 307 g/mol. The van der Waals surface area contributed by atoms with E-state index in [0.717, 1.165) is 0 Å². The topological polar surface area (TPSA) is 157 Å². The van der Waals surface area contributed by atoms with Crippen LogP contribution in [0.15, 0.2) is 0 Å². The zero-order valence-corrected chi connectivity index (χ0v) is 11.6. The van der Waals surface area contributed by atoms with E-state index in [4.69, 9.17) is 14.9 Å². The third-order valence-electron chi connectivity index (χ3n) is 3.44. The van der Waals surface area contributed by atoms with E-state index in [9.17, 15) is 24.9 Å². The number of ether oxygens (including phenoxy) is 1. The fourth-order valence-corrected chi connectivity index (χ4v) is 2.30. The highest BCUT2D eigenvalue weighted by Crippen LogP contribution is 2.33. The van der Waals surface area contributed by atoms with Crippen molar-refractivity contribution in [1.29, 1.82) is 0 Å². The predicted octanol–water partition coefficient (Wildman–Crippen LogP) is -2.59. The lowest BCUT2D eigenvalue weighted by atomic mass is 9.84. The van der Waals surface area contributed by atoms with Crippen molar-refractivity contribution < 1.29 is 39.9 Å². The van der Waals surface area contributed by atoms with E-state index in [1.165, 1.54) is 6.92 Å². The number of amides is 1. The van der Waals surface area contributed by atoms with Gasteiger partial charge in [-0.05, 0) is 0 Å². The van der Waals surface area contributed by atoms with Gasteiger partial charge in [0.15, 0.2) is 0 Å². The molecule has 0 aromatic heterocycles. The van der Waals surface area contributed by atoms with Gasteiger partial charge in [-0.3, -0.25) is 4.79 Å². The van der Waals surface area contributed by atoms with Gasteiger partial charge in [0.2, 0.25) is 5.91 Å². The molecule has 0 bridgehead atoms. The molecule has 122 valence electrons. The van der Waals surface area contributed by atoms with Gasteiger partial charge in [0.1, 0.15) is 0 Å². The second-order valence-electron chi connectivity index (χ2n) is 5.19. The van der Waals surface area contributed by atoms with Crippen LogP contribution in [0.1, 0.15) is 19.8 Å². The van der Waals surface area contributed by atoms with Crippen molar-refractivity contribution in [2.75, 3.05) is 13.2 Å². The molecule has 4 unspecified atom stereocenters. The summed E-state index contributed by atoms with van der Waals surface area (Å²) in [4.78, 5) is 22.0. The summed E-state index contributed by atoms with van der Waals surface area (Å²) in [5.74, 6) is -5.27. The Hall–Kier alpha value is -1.26. The van der Waals surface area contributed by atoms with Crippen LogP contribution in [-0.4, -0.2) is 74.7 Å². The van der Waals surface area contributed by atoms with Crippen LogP contribution < -0.4 is 5.32 Å². The first kappa shape index (κ1) is 17.8. The second-order valence-corrected chi connectivity index (χ2v) is 5.19. The molecule has 1 amide bonds. The fraction of sp³-hybridized carbons (Fsp3) is 0.833. The lowest BCUT2D eigenvalue weighted by molar-refractivity contribution is -0.287. The maximum Gasteiger partial charge on any atom is 0.364 e. The minimum absolute atomic E-state index is 0.00495. The van der Waals surface area contributed by atoms with E-state index >= 15 is 0 Å². The molecule has 1 rings (SSSR count). The number of hydrogen-bond donors (Lipinski definition) is 6. The minimum Gasteiger partial charge on any atom is -0.477 e. The smallest absolute Gasteiger partial charge is 0.364 e. The Bertz CT molecular complexity index is 389. The minimum atomic E-state index is -2.56. The number of hydrogen-bond acceptors (Lipinski definition) is 7. The summed E-state index contributed by atoms with van der Waals surface area (Å²) < 4.78 is 5.10. The normalized spacial score (nSPS) is 34.2. The van der Waals surface area contributed by atoms with E-state index in [2.05, 4.69) is 5.32 Å². The third-order valence-corrected chi connectivity index (χ3v) is 3.44. The van der Waals surface area contributed by atoms with Crippen molar-refractivity contribution in [3.8, 4) is 0 Å². The first-order chi connectivity index (χ1) is 9.69. The molecule has 1 fully saturated rings. The Morgan fingerprint density at radius 2 is 2.10 bits per heavy atom. The SMILES string of the molecule is CC(=O)NCC1C(O)CC(O)(C(=O)O)OC1C[C@H](O)CO. The molecule has 21 heavy (non-hydrogen) atoms. The van der Waals surface area contributed by atoms with Crippen LogP contribution in [0.2, 0.25) is 0 Å². The Morgan fingerprint density at radius 3 is 2.57 bits per heavy atom. The molecular formula is C12H21NO8. The van der Waals surface area contributed by atoms with E-state index in [1.54, 1.807) is 0 Å². The van der Waals surface area contributed by atoms with E-state index in [1.807, 2.05) is 0 Å². The summed E-state index contributed by atoms with van der Waals surface area (Å²) in [6, 6.07) is 0. The average molecular weight is 307 g/mol. The van der Waals surface area contributed by atoms with Crippen LogP contribution in [0.5, 0.6) is 0 Å². The molecular weight excluding hydrogens is 286 g/mol. The molecule has 6 N–H and O–H groups in total. The molecule has 0 radical (unpaired) electrons. The number of carbonyl (C=O) groups is 2. The summed E-state index contributed by atoms with van der Waals surface area (Å²) in [7, 11) is 0. The fourth-order valence-electron chi connectivity index (χ4n) is 2.30. The van der Waals surface area contributed by atoms with Crippen molar-refractivity contribution in [2.45, 2.75) is 43.9 Å². The average Bonchev–Trinajstić information content (AvgIpc) is 2.36. The number of aliphatic carboxylic acids is 1. The molecule has 0 spiro atoms. The Balaban J connectivity index is 2.88. The highest BCUT2D eigenvalue weighted by molar-refractivity contribution is 5.75. The van der Waals surface area contributed by atoms with Crippen molar-refractivity contribution in [3.05, 3.63) is 0 Å². The largest absolute Gasteiger partial charge is 0.477 e. The lowest BCUT2D eigenvalue weighted by Crippen LogP contribution is -2.58. The van der Waals surface area contributed by atoms with Gasteiger partial charge in [0, 0.05) is 32.2 Å². The molecule has 9 heteroatoms. The van der Waals surface area contributed by atoms with Gasteiger partial charge in [0.25, 0.3) is 5.79 Å². The van der Waals surface area contributed by atoms with Crippen LogP contribution in [0.25, 0.3) is 0 Å². The number of aliphatic hydroxyl groups is 4. The molecule has 1 aliphatic heterocycles. The quantitative estimate of drug-likeness (QED) is 0.312. The van der Waals surface area contributed by atoms with Gasteiger partial charge in [0.05, 0.1) is 24.9 Å². The third kappa shape index (κ3) is 4.61. The van der Waals surface area contributed by atoms with Crippen molar-refractivity contribution in [2.24, 2.45) is 5.92 Å². The van der Waals surface area contributed by atoms with Gasteiger partial charge in [-0.1, -0.05) is 0 Å². The van der Waals surface area contributed by atoms with Gasteiger partial charge in [-0.15, -0.1) is 0 Å². The summed E-state index contributed by atoms with van der Waals surface area (Å²) in [5, 5.41) is 49.6. The van der Waals surface area contributed by atoms with Crippen molar-refractivity contribution in [1.82, 2.24) is 5.32 Å². The molecule has 0 saturated carbocycles. The maximum atomic E-state index is 11.0. The zero-order valence-electron chi connectivity index (χ0n) is 11.6. The standard InChI is InChI=1S/C12H21NO8/c1-6(15)13-4-8-9(17)3-12(20,11(18)19)21-10(8)2-7(16)5-14/h7-10,14,16-17,20H,2-5H2,1H3,(H,13,15)(H,18,19)/t7-,8?,9?,10?,12?/m0/s1. The Labute approximate surface area is 121 Å². The van der Waals surface area contributed by atoms with E-state index in [0.29, 0.717) is 0 Å². The predicted molar refractivity (Wildman–Crippen MR) is 68.0 cm³/mol. The van der Waals surface area contributed by atoms with Crippen LogP contribution >= 0.6 is 0 Å². The van der Waals surface area contributed by atoms with Crippen molar-refractivity contribution >= 4 is 11.9 Å². The Morgan fingerprint density at radius 1 is 1.48 bits per heavy atom. The van der Waals surface area contributed by atoms with Crippen molar-refractivity contribution in [3.63, 3.8) is 0 Å². The van der Waals surface area contributed by atoms with Gasteiger partial charge in [-0.25, -0.2) is 4.79 Å². The first-order valence-electron chi connectivity index (χ1n) is 6.54. The van der Waals surface area contributed by atoms with Crippen LogP contribution in [0.4, 0.5) is 0 Å². The van der Waals surface area contributed by atoms with E-state index < -0.39 is 49.0 Å². The highest BCUT2D eigenvalue weighted by atomic mass is 16.7. The molecule has 9 nitrogen and oxygen atoms in total. The number of rotatable bonds is 6. The summed E-state index contributed by atoms with van der Waals surface area (Å²) in [6.45, 7) is 0.699. The van der Waals surface area contributed by atoms with E-state index in [-0.39, 0.29) is 18.9 Å². The lowest BCUT2D eigenvalue weighted by Gasteiger charge is -2.42.